The number of aromatic hydroxyl groups is 1. The summed E-state index contributed by atoms with van der Waals surface area (Å²) in [6, 6.07) is 11.5. The van der Waals surface area contributed by atoms with Crippen LogP contribution in [0.25, 0.3) is 0 Å². The van der Waals surface area contributed by atoms with E-state index < -0.39 is 0 Å². The minimum atomic E-state index is -0.0875. The smallest absolute Gasteiger partial charge is 0.225 e. The topological polar surface area (TPSA) is 49.3 Å². The first-order valence-corrected chi connectivity index (χ1v) is 8.24. The first-order valence-electron chi connectivity index (χ1n) is 7.25. The Morgan fingerprint density at radius 3 is 2.55 bits per heavy atom. The van der Waals surface area contributed by atoms with Crippen molar-refractivity contribution in [2.24, 2.45) is 0 Å². The van der Waals surface area contributed by atoms with Gasteiger partial charge in [-0.2, -0.15) is 0 Å². The Morgan fingerprint density at radius 1 is 1.09 bits per heavy atom. The molecule has 0 spiro atoms. The van der Waals surface area contributed by atoms with Crippen molar-refractivity contribution in [3.05, 3.63) is 53.1 Å². The van der Waals surface area contributed by atoms with Crippen LogP contribution in [0, 0.1) is 20.8 Å². The van der Waals surface area contributed by atoms with Crippen LogP contribution < -0.4 is 5.32 Å². The number of nitrogens with one attached hydrogen (secondary N) is 1. The summed E-state index contributed by atoms with van der Waals surface area (Å²) in [5.74, 6) is 0.728. The predicted molar refractivity (Wildman–Crippen MR) is 92.7 cm³/mol. The van der Waals surface area contributed by atoms with Crippen LogP contribution in [0.2, 0.25) is 0 Å². The van der Waals surface area contributed by atoms with Gasteiger partial charge >= 0.3 is 0 Å². The maximum atomic E-state index is 11.9. The summed E-state index contributed by atoms with van der Waals surface area (Å²) in [6.45, 7) is 6.07. The minimum Gasteiger partial charge on any atom is -0.506 e. The number of hydrogen-bond acceptors (Lipinski definition) is 3. The van der Waals surface area contributed by atoms with Crippen LogP contribution in [-0.4, -0.2) is 16.8 Å². The van der Waals surface area contributed by atoms with Gasteiger partial charge in [0, 0.05) is 17.1 Å². The van der Waals surface area contributed by atoms with Crippen molar-refractivity contribution in [3.63, 3.8) is 0 Å². The molecule has 1 amide bonds. The highest BCUT2D eigenvalue weighted by Crippen LogP contribution is 2.25. The molecule has 0 aliphatic heterocycles. The Bertz CT molecular complexity index is 683. The molecule has 0 fully saturated rings. The fourth-order valence-electron chi connectivity index (χ4n) is 2.03. The molecule has 0 saturated heterocycles. The van der Waals surface area contributed by atoms with E-state index in [1.807, 2.05) is 13.0 Å². The minimum absolute atomic E-state index is 0.0875. The second-order valence-electron chi connectivity index (χ2n) is 5.41. The van der Waals surface area contributed by atoms with Gasteiger partial charge in [0.15, 0.2) is 0 Å². The Labute approximate surface area is 135 Å². The maximum Gasteiger partial charge on any atom is 0.225 e. The Morgan fingerprint density at radius 2 is 1.86 bits per heavy atom. The van der Waals surface area contributed by atoms with Gasteiger partial charge < -0.3 is 10.4 Å². The summed E-state index contributed by atoms with van der Waals surface area (Å²) in [4.78, 5) is 13.1. The molecule has 0 bridgehead atoms. The molecule has 0 heterocycles. The quantitative estimate of drug-likeness (QED) is 0.633. The van der Waals surface area contributed by atoms with Crippen LogP contribution in [0.15, 0.2) is 41.3 Å². The molecule has 3 nitrogen and oxygen atoms in total. The van der Waals surface area contributed by atoms with Crippen molar-refractivity contribution >= 4 is 23.4 Å². The average Bonchev–Trinajstić information content (AvgIpc) is 2.46. The van der Waals surface area contributed by atoms with E-state index in [1.165, 1.54) is 16.0 Å². The largest absolute Gasteiger partial charge is 0.506 e. The van der Waals surface area contributed by atoms with Gasteiger partial charge in [-0.15, -0.1) is 11.8 Å². The van der Waals surface area contributed by atoms with Gasteiger partial charge in [0.1, 0.15) is 5.75 Å². The van der Waals surface area contributed by atoms with Crippen molar-refractivity contribution in [1.29, 1.82) is 0 Å². The van der Waals surface area contributed by atoms with Crippen molar-refractivity contribution in [1.82, 2.24) is 0 Å². The molecule has 0 unspecified atom stereocenters. The zero-order valence-electron chi connectivity index (χ0n) is 13.1. The normalized spacial score (nSPS) is 10.5. The summed E-state index contributed by atoms with van der Waals surface area (Å²) in [5.41, 5.74) is 3.96. The van der Waals surface area contributed by atoms with E-state index in [4.69, 9.17) is 0 Å². The molecule has 22 heavy (non-hydrogen) atoms. The lowest BCUT2D eigenvalue weighted by Crippen LogP contribution is -2.12. The number of phenols is 1. The Balaban J connectivity index is 1.83. The molecule has 2 rings (SSSR count). The van der Waals surface area contributed by atoms with Gasteiger partial charge in [-0.3, -0.25) is 4.79 Å². The molecule has 0 saturated carbocycles. The summed E-state index contributed by atoms with van der Waals surface area (Å²) in [6.07, 6.45) is 0.408. The molecular formula is C18H21NO2S. The molecule has 0 aliphatic rings. The van der Waals surface area contributed by atoms with Crippen LogP contribution in [0.1, 0.15) is 23.1 Å². The third-order valence-corrected chi connectivity index (χ3v) is 4.50. The highest BCUT2D eigenvalue weighted by molar-refractivity contribution is 7.99. The highest BCUT2D eigenvalue weighted by atomic mass is 32.2. The van der Waals surface area contributed by atoms with Gasteiger partial charge in [-0.05, 0) is 61.7 Å². The SMILES string of the molecule is Cc1ccc(NC(=O)CCSc2ccc(C)c(C)c2)c(O)c1. The second-order valence-corrected chi connectivity index (χ2v) is 6.58. The zero-order valence-corrected chi connectivity index (χ0v) is 14.0. The van der Waals surface area contributed by atoms with Gasteiger partial charge in [-0.25, -0.2) is 0 Å². The third kappa shape index (κ3) is 4.53. The highest BCUT2D eigenvalue weighted by Gasteiger charge is 2.07. The van der Waals surface area contributed by atoms with Gasteiger partial charge in [0.2, 0.25) is 5.91 Å². The lowest BCUT2D eigenvalue weighted by Gasteiger charge is -2.08. The van der Waals surface area contributed by atoms with Crippen molar-refractivity contribution in [3.8, 4) is 5.75 Å². The van der Waals surface area contributed by atoms with E-state index in [1.54, 1.807) is 23.9 Å². The number of phenolic OH excluding ortho intramolecular Hbond substituents is 1. The first kappa shape index (κ1) is 16.4. The lowest BCUT2D eigenvalue weighted by atomic mass is 10.1. The molecule has 0 aromatic heterocycles. The monoisotopic (exact) mass is 315 g/mol. The van der Waals surface area contributed by atoms with E-state index in [9.17, 15) is 9.90 Å². The van der Waals surface area contributed by atoms with E-state index in [0.29, 0.717) is 17.9 Å². The summed E-state index contributed by atoms with van der Waals surface area (Å²) in [7, 11) is 0. The number of benzene rings is 2. The standard InChI is InChI=1S/C18H21NO2S/c1-12-4-7-16(17(20)10-12)19-18(21)8-9-22-15-6-5-13(2)14(3)11-15/h4-7,10-11,20H,8-9H2,1-3H3,(H,19,21). The summed E-state index contributed by atoms with van der Waals surface area (Å²) < 4.78 is 0. The molecule has 116 valence electrons. The lowest BCUT2D eigenvalue weighted by molar-refractivity contribution is -0.115. The molecule has 0 radical (unpaired) electrons. The van der Waals surface area contributed by atoms with Gasteiger partial charge in [0.25, 0.3) is 0 Å². The third-order valence-electron chi connectivity index (χ3n) is 3.50. The summed E-state index contributed by atoms with van der Waals surface area (Å²) >= 11 is 1.67. The number of carbonyl (C=O) groups is 1. The van der Waals surface area contributed by atoms with E-state index >= 15 is 0 Å². The Hall–Kier alpha value is -1.94. The summed E-state index contributed by atoms with van der Waals surface area (Å²) in [5, 5.41) is 12.5. The van der Waals surface area contributed by atoms with Gasteiger partial charge in [0.05, 0.1) is 5.69 Å². The molecule has 2 aromatic rings. The average molecular weight is 315 g/mol. The van der Waals surface area contributed by atoms with Crippen LogP contribution >= 0.6 is 11.8 Å². The fourth-order valence-corrected chi connectivity index (χ4v) is 2.97. The number of aryl methyl sites for hydroxylation is 3. The number of thioether (sulfide) groups is 1. The van der Waals surface area contributed by atoms with Crippen LogP contribution in [0.3, 0.4) is 0 Å². The fraction of sp³-hybridized carbons (Fsp3) is 0.278. The number of anilines is 1. The number of hydrogen-bond donors (Lipinski definition) is 2. The predicted octanol–water partition coefficient (Wildman–Crippen LogP) is 4.44. The van der Waals surface area contributed by atoms with E-state index in [0.717, 1.165) is 5.56 Å². The maximum absolute atomic E-state index is 11.9. The molecule has 2 aromatic carbocycles. The number of carbonyl (C=O) groups excluding carboxylic acids is 1. The van der Waals surface area contributed by atoms with Crippen LogP contribution in [0.5, 0.6) is 5.75 Å². The Kier molecular flexibility index (Phi) is 5.50. The van der Waals surface area contributed by atoms with Gasteiger partial charge in [-0.1, -0.05) is 12.1 Å². The van der Waals surface area contributed by atoms with Crippen molar-refractivity contribution in [2.75, 3.05) is 11.1 Å². The van der Waals surface area contributed by atoms with Crippen LogP contribution in [0.4, 0.5) is 5.69 Å². The molecule has 4 heteroatoms. The first-order chi connectivity index (χ1) is 10.5. The second kappa shape index (κ2) is 7.36. The van der Waals surface area contributed by atoms with Crippen LogP contribution in [-0.2, 0) is 4.79 Å². The van der Waals surface area contributed by atoms with Crippen molar-refractivity contribution < 1.29 is 9.90 Å². The van der Waals surface area contributed by atoms with E-state index in [2.05, 4.69) is 37.4 Å². The molecule has 0 atom stereocenters. The van der Waals surface area contributed by atoms with E-state index in [-0.39, 0.29) is 11.7 Å². The van der Waals surface area contributed by atoms with Crippen molar-refractivity contribution in [2.45, 2.75) is 32.1 Å². The molecular weight excluding hydrogens is 294 g/mol. The molecule has 2 N–H and O–H groups in total. The molecule has 0 aliphatic carbocycles. The number of rotatable bonds is 5. The zero-order chi connectivity index (χ0) is 16.1. The number of amides is 1.